The first-order chi connectivity index (χ1) is 14.0. The van der Waals surface area contributed by atoms with Gasteiger partial charge >= 0.3 is 0 Å². The van der Waals surface area contributed by atoms with Gasteiger partial charge in [-0.1, -0.05) is 12.5 Å². The van der Waals surface area contributed by atoms with E-state index in [1.165, 1.54) is 25.5 Å². The number of anilines is 1. The zero-order valence-electron chi connectivity index (χ0n) is 16.6. The van der Waals surface area contributed by atoms with Gasteiger partial charge in [0.15, 0.2) is 0 Å². The van der Waals surface area contributed by atoms with Crippen molar-refractivity contribution in [2.24, 2.45) is 11.8 Å². The highest BCUT2D eigenvalue weighted by Crippen LogP contribution is 2.44. The lowest BCUT2D eigenvalue weighted by molar-refractivity contribution is 0.0921. The van der Waals surface area contributed by atoms with Crippen LogP contribution in [0.3, 0.4) is 0 Å². The lowest BCUT2D eigenvalue weighted by Crippen LogP contribution is -2.38. The lowest BCUT2D eigenvalue weighted by Gasteiger charge is -2.22. The molecule has 0 spiro atoms. The summed E-state index contributed by atoms with van der Waals surface area (Å²) in [6.07, 6.45) is 8.40. The molecule has 0 radical (unpaired) electrons. The second-order valence-electron chi connectivity index (χ2n) is 8.86. The van der Waals surface area contributed by atoms with Crippen LogP contribution >= 0.6 is 0 Å². The maximum atomic E-state index is 12.8. The molecule has 5 rings (SSSR count). The van der Waals surface area contributed by atoms with Crippen molar-refractivity contribution in [3.05, 3.63) is 41.1 Å². The number of nitrogens with zero attached hydrogens (tertiary/aromatic N) is 2. The number of nitrogens with two attached hydrogens (primary N) is 1. The van der Waals surface area contributed by atoms with Crippen LogP contribution in [0.2, 0.25) is 0 Å². The Balaban J connectivity index is 1.37. The Morgan fingerprint density at radius 2 is 1.93 bits per heavy atom. The Morgan fingerprint density at radius 3 is 2.62 bits per heavy atom. The van der Waals surface area contributed by atoms with Crippen LogP contribution in [0.4, 0.5) is 5.82 Å². The maximum absolute atomic E-state index is 12.8. The van der Waals surface area contributed by atoms with Crippen LogP contribution < -0.4 is 16.4 Å². The highest BCUT2D eigenvalue weighted by atomic mass is 16.2. The van der Waals surface area contributed by atoms with E-state index in [0.29, 0.717) is 34.6 Å². The number of carbonyl (C=O) groups excluding carboxylic acids is 2. The number of nitrogens with one attached hydrogen (secondary N) is 2. The SMILES string of the molecule is Cc1ccc(C(=O)NC2CC2)cc1-n1ncc(C(=O)N[C@@H]2CC3CCC2C3)c1N. The van der Waals surface area contributed by atoms with E-state index >= 15 is 0 Å². The molecule has 1 aromatic heterocycles. The average Bonchev–Trinajstić information content (AvgIpc) is 3.10. The van der Waals surface area contributed by atoms with Gasteiger partial charge < -0.3 is 16.4 Å². The maximum Gasteiger partial charge on any atom is 0.256 e. The van der Waals surface area contributed by atoms with Crippen molar-refractivity contribution < 1.29 is 9.59 Å². The number of benzene rings is 1. The second-order valence-corrected chi connectivity index (χ2v) is 8.86. The smallest absolute Gasteiger partial charge is 0.256 e. The minimum atomic E-state index is -0.161. The third-order valence-corrected chi connectivity index (χ3v) is 6.72. The summed E-state index contributed by atoms with van der Waals surface area (Å²) in [5.74, 6) is 1.41. The standard InChI is InChI=1S/C22H27N5O2/c1-12-2-4-15(21(28)25-16-6-7-16)10-19(12)27-20(23)17(11-24-27)22(29)26-18-9-13-3-5-14(18)8-13/h2,4,10-11,13-14,16,18H,3,5-9,23H2,1H3,(H,25,28)(H,26,29)/t13?,14?,18-/m1/s1. The number of nitrogen functional groups attached to an aromatic ring is 1. The van der Waals surface area contributed by atoms with Crippen molar-refractivity contribution in [1.29, 1.82) is 0 Å². The van der Waals surface area contributed by atoms with Crippen LogP contribution in [0.15, 0.2) is 24.4 Å². The summed E-state index contributed by atoms with van der Waals surface area (Å²) in [6, 6.07) is 6.02. The highest BCUT2D eigenvalue weighted by Gasteiger charge is 2.40. The van der Waals surface area contributed by atoms with E-state index < -0.39 is 0 Å². The van der Waals surface area contributed by atoms with Gasteiger partial charge in [-0.3, -0.25) is 9.59 Å². The Labute approximate surface area is 170 Å². The summed E-state index contributed by atoms with van der Waals surface area (Å²) in [5.41, 5.74) is 8.92. The van der Waals surface area contributed by atoms with E-state index in [-0.39, 0.29) is 17.9 Å². The molecule has 3 fully saturated rings. The molecule has 0 aliphatic heterocycles. The largest absolute Gasteiger partial charge is 0.383 e. The summed E-state index contributed by atoms with van der Waals surface area (Å²) in [6.45, 7) is 1.94. The number of hydrogen-bond acceptors (Lipinski definition) is 4. The van der Waals surface area contributed by atoms with Crippen molar-refractivity contribution in [2.75, 3.05) is 5.73 Å². The number of fused-ring (bicyclic) bond motifs is 2. The number of aromatic nitrogens is 2. The van der Waals surface area contributed by atoms with E-state index in [4.69, 9.17) is 5.73 Å². The van der Waals surface area contributed by atoms with Crippen molar-refractivity contribution in [3.8, 4) is 5.69 Å². The van der Waals surface area contributed by atoms with Gasteiger partial charge in [0.1, 0.15) is 11.4 Å². The van der Waals surface area contributed by atoms with Crippen molar-refractivity contribution in [1.82, 2.24) is 20.4 Å². The van der Waals surface area contributed by atoms with Crippen molar-refractivity contribution >= 4 is 17.6 Å². The number of carbonyl (C=O) groups is 2. The van der Waals surface area contributed by atoms with Gasteiger partial charge in [-0.25, -0.2) is 4.68 Å². The summed E-state index contributed by atoms with van der Waals surface area (Å²) >= 11 is 0. The van der Waals surface area contributed by atoms with Crippen LogP contribution in [0.1, 0.15) is 64.8 Å². The van der Waals surface area contributed by atoms with Gasteiger partial charge in [0, 0.05) is 17.6 Å². The molecule has 7 heteroatoms. The Morgan fingerprint density at radius 1 is 1.10 bits per heavy atom. The van der Waals surface area contributed by atoms with Crippen LogP contribution in [0.5, 0.6) is 0 Å². The highest BCUT2D eigenvalue weighted by molar-refractivity contribution is 5.99. The summed E-state index contributed by atoms with van der Waals surface area (Å²) < 4.78 is 1.55. The second kappa shape index (κ2) is 6.90. The van der Waals surface area contributed by atoms with Gasteiger partial charge in [-0.05, 0) is 68.6 Å². The molecule has 0 saturated heterocycles. The lowest BCUT2D eigenvalue weighted by atomic mass is 9.95. The monoisotopic (exact) mass is 393 g/mol. The van der Waals surface area contributed by atoms with Crippen molar-refractivity contribution in [2.45, 2.75) is 57.5 Å². The first kappa shape index (κ1) is 18.2. The molecular weight excluding hydrogens is 366 g/mol. The summed E-state index contributed by atoms with van der Waals surface area (Å²) in [7, 11) is 0. The molecule has 2 bridgehead atoms. The fourth-order valence-electron chi connectivity index (χ4n) is 4.87. The summed E-state index contributed by atoms with van der Waals surface area (Å²) in [5, 5.41) is 10.5. The Kier molecular flexibility index (Phi) is 4.33. The number of amides is 2. The zero-order valence-corrected chi connectivity index (χ0v) is 16.6. The average molecular weight is 393 g/mol. The van der Waals surface area contributed by atoms with E-state index in [1.807, 2.05) is 13.0 Å². The molecule has 4 N–H and O–H groups in total. The van der Waals surface area contributed by atoms with E-state index in [1.54, 1.807) is 16.8 Å². The summed E-state index contributed by atoms with van der Waals surface area (Å²) in [4.78, 5) is 25.2. The zero-order chi connectivity index (χ0) is 20.1. The Hall–Kier alpha value is -2.83. The molecule has 1 heterocycles. The first-order valence-electron chi connectivity index (χ1n) is 10.6. The number of rotatable bonds is 5. The van der Waals surface area contributed by atoms with Gasteiger partial charge in [0.25, 0.3) is 11.8 Å². The van der Waals surface area contributed by atoms with Gasteiger partial charge in [0.2, 0.25) is 0 Å². The molecule has 2 amide bonds. The third kappa shape index (κ3) is 3.39. The molecule has 152 valence electrons. The Bertz CT molecular complexity index is 978. The normalized spacial score (nSPS) is 25.2. The predicted octanol–water partition coefficient (Wildman–Crippen LogP) is 2.57. The fourth-order valence-corrected chi connectivity index (χ4v) is 4.87. The molecule has 1 aromatic carbocycles. The molecule has 7 nitrogen and oxygen atoms in total. The molecule has 3 aliphatic carbocycles. The quantitative estimate of drug-likeness (QED) is 0.726. The number of aryl methyl sites for hydroxylation is 1. The van der Waals surface area contributed by atoms with E-state index in [9.17, 15) is 9.59 Å². The number of hydrogen-bond donors (Lipinski definition) is 3. The molecule has 3 saturated carbocycles. The van der Waals surface area contributed by atoms with Crippen LogP contribution in [0, 0.1) is 18.8 Å². The van der Waals surface area contributed by atoms with Gasteiger partial charge in [-0.2, -0.15) is 5.10 Å². The fraction of sp³-hybridized carbons (Fsp3) is 0.500. The molecule has 2 unspecified atom stereocenters. The first-order valence-corrected chi connectivity index (χ1v) is 10.6. The van der Waals surface area contributed by atoms with Gasteiger partial charge in [0.05, 0.1) is 11.9 Å². The predicted molar refractivity (Wildman–Crippen MR) is 110 cm³/mol. The van der Waals surface area contributed by atoms with Crippen LogP contribution in [-0.2, 0) is 0 Å². The van der Waals surface area contributed by atoms with Crippen LogP contribution in [-0.4, -0.2) is 33.7 Å². The third-order valence-electron chi connectivity index (χ3n) is 6.72. The molecule has 3 aliphatic rings. The minimum Gasteiger partial charge on any atom is -0.383 e. The topological polar surface area (TPSA) is 102 Å². The molecule has 3 atom stereocenters. The molecule has 29 heavy (non-hydrogen) atoms. The minimum absolute atomic E-state index is 0.0891. The van der Waals surface area contributed by atoms with Crippen molar-refractivity contribution in [3.63, 3.8) is 0 Å². The van der Waals surface area contributed by atoms with E-state index in [0.717, 1.165) is 30.7 Å². The van der Waals surface area contributed by atoms with Crippen LogP contribution in [0.25, 0.3) is 5.69 Å². The van der Waals surface area contributed by atoms with Gasteiger partial charge in [-0.15, -0.1) is 0 Å². The molecular formula is C22H27N5O2. The molecule has 2 aromatic rings. The van der Waals surface area contributed by atoms with E-state index in [2.05, 4.69) is 15.7 Å².